The van der Waals surface area contributed by atoms with Gasteiger partial charge in [0, 0.05) is 13.1 Å². The molecule has 1 aromatic rings. The van der Waals surface area contributed by atoms with Crippen LogP contribution in [0.3, 0.4) is 0 Å². The van der Waals surface area contributed by atoms with Crippen LogP contribution >= 0.6 is 0 Å². The summed E-state index contributed by atoms with van der Waals surface area (Å²) in [4.78, 5) is 25.7. The average Bonchev–Trinajstić information content (AvgIpc) is 2.76. The van der Waals surface area contributed by atoms with E-state index in [2.05, 4.69) is 27.7 Å². The molecule has 1 fully saturated rings. The molecule has 150 valence electrons. The van der Waals surface area contributed by atoms with Gasteiger partial charge in [-0.1, -0.05) is 44.2 Å². The van der Waals surface area contributed by atoms with E-state index in [0.29, 0.717) is 19.4 Å². The molecule has 2 unspecified atom stereocenters. The fraction of sp³-hybridized carbons (Fsp3) is 0.600. The van der Waals surface area contributed by atoms with Gasteiger partial charge in [0.05, 0.1) is 12.1 Å². The second-order valence-corrected chi connectivity index (χ2v) is 7.68. The van der Waals surface area contributed by atoms with Crippen LogP contribution in [0.25, 0.3) is 0 Å². The lowest BCUT2D eigenvalue weighted by atomic mass is 10.0. The molecular weight excluding hydrogens is 346 g/mol. The van der Waals surface area contributed by atoms with Crippen molar-refractivity contribution >= 4 is 12.0 Å². The van der Waals surface area contributed by atoms with Gasteiger partial charge in [-0.2, -0.15) is 0 Å². The Labute approximate surface area is 160 Å². The second-order valence-electron chi connectivity index (χ2n) is 7.68. The van der Waals surface area contributed by atoms with Gasteiger partial charge < -0.3 is 20.8 Å². The van der Waals surface area contributed by atoms with Crippen LogP contribution in [0.1, 0.15) is 38.7 Å². The van der Waals surface area contributed by atoms with E-state index in [1.807, 2.05) is 32.0 Å². The van der Waals surface area contributed by atoms with Gasteiger partial charge in [0.25, 0.3) is 0 Å². The molecule has 0 saturated carbocycles. The molecule has 2 amide bonds. The molecule has 0 bridgehead atoms. The first-order valence-electron chi connectivity index (χ1n) is 9.59. The summed E-state index contributed by atoms with van der Waals surface area (Å²) in [5.41, 5.74) is 1.19. The summed E-state index contributed by atoms with van der Waals surface area (Å²) in [6.07, 6.45) is 0.0347. The Morgan fingerprint density at radius 1 is 1.26 bits per heavy atom. The van der Waals surface area contributed by atoms with Gasteiger partial charge >= 0.3 is 6.09 Å². The quantitative estimate of drug-likeness (QED) is 0.580. The van der Waals surface area contributed by atoms with E-state index in [4.69, 9.17) is 5.11 Å². The van der Waals surface area contributed by atoms with Crippen molar-refractivity contribution in [1.29, 1.82) is 0 Å². The van der Waals surface area contributed by atoms with Gasteiger partial charge in [0.1, 0.15) is 6.04 Å². The molecule has 1 saturated heterocycles. The highest BCUT2D eigenvalue weighted by molar-refractivity contribution is 5.85. The van der Waals surface area contributed by atoms with Crippen LogP contribution in [0.15, 0.2) is 30.3 Å². The van der Waals surface area contributed by atoms with E-state index in [9.17, 15) is 14.7 Å². The SMILES string of the molecule is CC(C)CC(NC(=O)O)C(=O)NC1CCCN(Cc2ccccc2)C[C@@H]1O. The number of hydrogen-bond donors (Lipinski definition) is 4. The van der Waals surface area contributed by atoms with Crippen LogP contribution in [0, 0.1) is 5.92 Å². The number of nitrogens with one attached hydrogen (secondary N) is 2. The monoisotopic (exact) mass is 377 g/mol. The van der Waals surface area contributed by atoms with E-state index in [0.717, 1.165) is 19.5 Å². The number of aliphatic hydroxyl groups excluding tert-OH is 1. The molecule has 4 N–H and O–H groups in total. The van der Waals surface area contributed by atoms with E-state index in [-0.39, 0.29) is 17.9 Å². The molecule has 0 aromatic heterocycles. The molecular formula is C20H31N3O4. The number of nitrogens with zero attached hydrogens (tertiary/aromatic N) is 1. The van der Waals surface area contributed by atoms with Gasteiger partial charge in [-0.05, 0) is 37.3 Å². The van der Waals surface area contributed by atoms with Crippen LogP contribution in [0.5, 0.6) is 0 Å². The molecule has 3 atom stereocenters. The Bertz CT molecular complexity index is 609. The maximum atomic E-state index is 12.6. The van der Waals surface area contributed by atoms with Crippen molar-refractivity contribution in [3.05, 3.63) is 35.9 Å². The summed E-state index contributed by atoms with van der Waals surface area (Å²) < 4.78 is 0. The summed E-state index contributed by atoms with van der Waals surface area (Å²) >= 11 is 0. The van der Waals surface area contributed by atoms with Gasteiger partial charge in [-0.25, -0.2) is 4.79 Å². The molecule has 0 aliphatic carbocycles. The Hall–Kier alpha value is -2.12. The first-order chi connectivity index (χ1) is 12.8. The number of aliphatic hydroxyl groups is 1. The number of hydrogen-bond acceptors (Lipinski definition) is 4. The van der Waals surface area contributed by atoms with Gasteiger partial charge in [0.15, 0.2) is 0 Å². The molecule has 7 heteroatoms. The van der Waals surface area contributed by atoms with E-state index >= 15 is 0 Å². The molecule has 27 heavy (non-hydrogen) atoms. The first kappa shape index (κ1) is 21.2. The number of rotatable bonds is 7. The van der Waals surface area contributed by atoms with Crippen molar-refractivity contribution in [3.8, 4) is 0 Å². The van der Waals surface area contributed by atoms with Crippen molar-refractivity contribution in [1.82, 2.24) is 15.5 Å². The van der Waals surface area contributed by atoms with Crippen molar-refractivity contribution < 1.29 is 19.8 Å². The maximum Gasteiger partial charge on any atom is 0.405 e. The molecule has 1 aliphatic heterocycles. The zero-order valence-electron chi connectivity index (χ0n) is 16.1. The average molecular weight is 377 g/mol. The highest BCUT2D eigenvalue weighted by Gasteiger charge is 2.30. The predicted molar refractivity (Wildman–Crippen MR) is 103 cm³/mol. The lowest BCUT2D eigenvalue weighted by Crippen LogP contribution is -2.53. The van der Waals surface area contributed by atoms with Crippen LogP contribution < -0.4 is 10.6 Å². The molecule has 2 rings (SSSR count). The summed E-state index contributed by atoms with van der Waals surface area (Å²) in [5, 5.41) is 24.7. The normalized spacial score (nSPS) is 22.1. The van der Waals surface area contributed by atoms with Crippen molar-refractivity contribution in [2.45, 2.75) is 57.8 Å². The fourth-order valence-corrected chi connectivity index (χ4v) is 3.50. The number of carboxylic acid groups (broad SMARTS) is 1. The molecule has 1 aliphatic rings. The number of amides is 2. The smallest absolute Gasteiger partial charge is 0.405 e. The number of β-amino-alcohol motifs (C(OH)–C–C–N with tert-alkyl or cyclic N) is 1. The van der Waals surface area contributed by atoms with Crippen molar-refractivity contribution in [2.75, 3.05) is 13.1 Å². The third kappa shape index (κ3) is 7.19. The minimum absolute atomic E-state index is 0.174. The van der Waals surface area contributed by atoms with Crippen LogP contribution in [0.4, 0.5) is 4.79 Å². The summed E-state index contributed by atoms with van der Waals surface area (Å²) in [7, 11) is 0. The Kier molecular flexibility index (Phi) is 8.06. The van der Waals surface area contributed by atoms with Crippen LogP contribution in [-0.4, -0.2) is 58.4 Å². The van der Waals surface area contributed by atoms with E-state index in [1.165, 1.54) is 5.56 Å². The largest absolute Gasteiger partial charge is 0.465 e. The summed E-state index contributed by atoms with van der Waals surface area (Å²) in [6.45, 7) is 5.95. The zero-order valence-corrected chi connectivity index (χ0v) is 16.1. The Morgan fingerprint density at radius 3 is 2.59 bits per heavy atom. The minimum atomic E-state index is -1.22. The molecule has 0 radical (unpaired) electrons. The van der Waals surface area contributed by atoms with Crippen molar-refractivity contribution in [3.63, 3.8) is 0 Å². The minimum Gasteiger partial charge on any atom is -0.465 e. The van der Waals surface area contributed by atoms with E-state index in [1.54, 1.807) is 0 Å². The second kappa shape index (κ2) is 10.3. The maximum absolute atomic E-state index is 12.6. The first-order valence-corrected chi connectivity index (χ1v) is 9.59. The predicted octanol–water partition coefficient (Wildman–Crippen LogP) is 1.81. The third-order valence-corrected chi connectivity index (χ3v) is 4.80. The van der Waals surface area contributed by atoms with Crippen LogP contribution in [0.2, 0.25) is 0 Å². The Morgan fingerprint density at radius 2 is 1.96 bits per heavy atom. The van der Waals surface area contributed by atoms with Gasteiger partial charge in [-0.3, -0.25) is 9.69 Å². The topological polar surface area (TPSA) is 102 Å². The van der Waals surface area contributed by atoms with E-state index < -0.39 is 18.2 Å². The van der Waals surface area contributed by atoms with Gasteiger partial charge in [0.2, 0.25) is 5.91 Å². The highest BCUT2D eigenvalue weighted by Crippen LogP contribution is 2.15. The van der Waals surface area contributed by atoms with Crippen LogP contribution in [-0.2, 0) is 11.3 Å². The molecule has 0 spiro atoms. The molecule has 1 heterocycles. The number of carbonyl (C=O) groups excluding carboxylic acids is 1. The molecule has 1 aromatic carbocycles. The zero-order chi connectivity index (χ0) is 19.8. The number of likely N-dealkylation sites (tertiary alicyclic amines) is 1. The standard InChI is InChI=1S/C20H31N3O4/c1-14(2)11-17(22-20(26)27)19(25)21-16-9-6-10-23(13-18(16)24)12-15-7-4-3-5-8-15/h3-5,7-8,14,16-18,22,24H,6,9-13H2,1-2H3,(H,21,25)(H,26,27)/t16?,17?,18-/m0/s1. The fourth-order valence-electron chi connectivity index (χ4n) is 3.50. The Balaban J connectivity index is 1.93. The van der Waals surface area contributed by atoms with Gasteiger partial charge in [-0.15, -0.1) is 0 Å². The lowest BCUT2D eigenvalue weighted by molar-refractivity contribution is -0.125. The van der Waals surface area contributed by atoms with Crippen molar-refractivity contribution in [2.24, 2.45) is 5.92 Å². The molecule has 7 nitrogen and oxygen atoms in total. The number of carbonyl (C=O) groups is 2. The number of benzene rings is 1. The third-order valence-electron chi connectivity index (χ3n) is 4.80. The summed E-state index contributed by atoms with van der Waals surface area (Å²) in [5.74, 6) is -0.195. The highest BCUT2D eigenvalue weighted by atomic mass is 16.4. The lowest BCUT2D eigenvalue weighted by Gasteiger charge is -2.27. The summed E-state index contributed by atoms with van der Waals surface area (Å²) in [6, 6.07) is 8.91.